The summed E-state index contributed by atoms with van der Waals surface area (Å²) in [7, 11) is 1.54. The van der Waals surface area contributed by atoms with Crippen LogP contribution in [0.15, 0.2) is 41.9 Å². The molecule has 1 aromatic carbocycles. The number of ketones is 2. The summed E-state index contributed by atoms with van der Waals surface area (Å²) < 4.78 is 5.45. The Bertz CT molecular complexity index is 1220. The zero-order valence-corrected chi connectivity index (χ0v) is 19.2. The fourth-order valence-corrected chi connectivity index (χ4v) is 5.27. The molecule has 0 saturated heterocycles. The van der Waals surface area contributed by atoms with Crippen molar-refractivity contribution in [2.75, 3.05) is 13.7 Å². The van der Waals surface area contributed by atoms with Gasteiger partial charge in [-0.1, -0.05) is 6.07 Å². The van der Waals surface area contributed by atoms with Crippen molar-refractivity contribution in [3.8, 4) is 22.6 Å². The number of aromatic hydroxyl groups is 1. The van der Waals surface area contributed by atoms with Crippen molar-refractivity contribution >= 4 is 17.5 Å². The average Bonchev–Trinajstić information content (AvgIpc) is 2.79. The van der Waals surface area contributed by atoms with Gasteiger partial charge in [0.2, 0.25) is 0 Å². The first-order valence-electron chi connectivity index (χ1n) is 11.0. The number of hydrogen-bond donors (Lipinski definition) is 4. The Labute approximate surface area is 204 Å². The quantitative estimate of drug-likeness (QED) is 0.442. The molecule has 3 atom stereocenters. The Morgan fingerprint density at radius 1 is 1.14 bits per heavy atom. The Morgan fingerprint density at radius 3 is 2.54 bits per heavy atom. The summed E-state index contributed by atoms with van der Waals surface area (Å²) in [5.74, 6) is -3.33. The van der Waals surface area contributed by atoms with Crippen molar-refractivity contribution in [1.29, 1.82) is 0 Å². The summed E-state index contributed by atoms with van der Waals surface area (Å²) >= 11 is 0. The number of rotatable bonds is 6. The number of primary amides is 1. The highest BCUT2D eigenvalue weighted by Crippen LogP contribution is 2.44. The van der Waals surface area contributed by atoms with Crippen molar-refractivity contribution in [3.63, 3.8) is 0 Å². The van der Waals surface area contributed by atoms with Crippen LogP contribution in [0.5, 0.6) is 11.5 Å². The van der Waals surface area contributed by atoms with Crippen molar-refractivity contribution < 1.29 is 42.8 Å². The van der Waals surface area contributed by atoms with Crippen LogP contribution in [-0.4, -0.2) is 57.0 Å². The van der Waals surface area contributed by atoms with E-state index in [4.69, 9.17) is 10.5 Å². The molecule has 7 N–H and O–H groups in total. The van der Waals surface area contributed by atoms with E-state index in [1.165, 1.54) is 13.2 Å². The van der Waals surface area contributed by atoms with E-state index >= 15 is 0 Å². The van der Waals surface area contributed by atoms with Gasteiger partial charge < -0.3 is 31.3 Å². The SMILES string of the molecule is COc1ccncc1-c1ccc(O)c2c1CC(CC1CC(=O)C(C(N)=O)=C(O)C1CO)CC2=O.O.[HH].[HH]. The molecule has 1 amide bonds. The smallest absolute Gasteiger partial charge is 0.255 e. The summed E-state index contributed by atoms with van der Waals surface area (Å²) in [5.41, 5.74) is 7.09. The van der Waals surface area contributed by atoms with Gasteiger partial charge in [0.1, 0.15) is 22.8 Å². The third-order valence-corrected chi connectivity index (χ3v) is 6.81. The maximum Gasteiger partial charge on any atom is 0.255 e. The molecule has 10 nitrogen and oxygen atoms in total. The Kier molecular flexibility index (Phi) is 7.57. The number of carbonyl (C=O) groups is 3. The molecule has 0 radical (unpaired) electrons. The second-order valence-electron chi connectivity index (χ2n) is 8.80. The number of methoxy groups -OCH3 is 1. The van der Waals surface area contributed by atoms with Crippen LogP contribution >= 0.6 is 0 Å². The largest absolute Gasteiger partial charge is 0.511 e. The number of aliphatic hydroxyl groups is 2. The molecule has 190 valence electrons. The Balaban J connectivity index is 0.00000228. The zero-order chi connectivity index (χ0) is 24.6. The highest BCUT2D eigenvalue weighted by atomic mass is 16.5. The van der Waals surface area contributed by atoms with Gasteiger partial charge in [-0.15, -0.1) is 0 Å². The number of ether oxygens (including phenoxy) is 1. The van der Waals surface area contributed by atoms with Gasteiger partial charge in [0.25, 0.3) is 5.91 Å². The van der Waals surface area contributed by atoms with Crippen LogP contribution < -0.4 is 10.5 Å². The number of Topliss-reactive ketones (excluding diaryl/α,β-unsaturated/α-hetero) is 2. The van der Waals surface area contributed by atoms with Gasteiger partial charge in [0.15, 0.2) is 11.6 Å². The second-order valence-corrected chi connectivity index (χ2v) is 8.80. The van der Waals surface area contributed by atoms with Crippen LogP contribution in [-0.2, 0) is 16.0 Å². The molecule has 3 unspecified atom stereocenters. The van der Waals surface area contributed by atoms with Crippen molar-refractivity contribution in [2.24, 2.45) is 23.5 Å². The molecule has 0 fully saturated rings. The maximum absolute atomic E-state index is 13.1. The van der Waals surface area contributed by atoms with E-state index in [1.807, 2.05) is 0 Å². The fourth-order valence-electron chi connectivity index (χ4n) is 5.27. The van der Waals surface area contributed by atoms with Crippen LogP contribution in [0.3, 0.4) is 0 Å². The molecule has 2 aliphatic carbocycles. The number of fused-ring (bicyclic) bond motifs is 1. The number of phenols is 1. The summed E-state index contributed by atoms with van der Waals surface area (Å²) in [5, 5.41) is 30.7. The Morgan fingerprint density at radius 2 is 1.89 bits per heavy atom. The van der Waals surface area contributed by atoms with Gasteiger partial charge in [-0.25, -0.2) is 0 Å². The molecule has 0 spiro atoms. The first-order valence-corrected chi connectivity index (χ1v) is 11.0. The standard InChI is InChI=1S/C25H26N2O7.H2O.2H2/c1-34-21-4-5-27-10-16(21)14-2-3-18(29)22-15(14)7-12(8-19(22)30)6-13-9-20(31)23(25(26)33)24(32)17(13)11-28;;;/h2-5,10,12-13,17,28-29,32H,6-9,11H2,1H3,(H2,26,33);1H2;2*1H. The lowest BCUT2D eigenvalue weighted by atomic mass is 9.70. The lowest BCUT2D eigenvalue weighted by molar-refractivity contribution is -0.123. The lowest BCUT2D eigenvalue weighted by Crippen LogP contribution is -2.37. The van der Waals surface area contributed by atoms with Crippen molar-refractivity contribution in [1.82, 2.24) is 4.98 Å². The summed E-state index contributed by atoms with van der Waals surface area (Å²) in [6.07, 6.45) is 4.10. The molecule has 4 rings (SSSR count). The highest BCUT2D eigenvalue weighted by molar-refractivity contribution is 6.19. The zero-order valence-electron chi connectivity index (χ0n) is 19.2. The van der Waals surface area contributed by atoms with E-state index in [1.54, 1.807) is 24.5 Å². The topological polar surface area (TPSA) is 192 Å². The molecule has 1 aromatic heterocycles. The van der Waals surface area contributed by atoms with E-state index in [2.05, 4.69) is 4.98 Å². The average molecular weight is 489 g/mol. The number of phenolic OH excluding ortho intramolecular Hbond substituents is 1. The molecule has 2 aromatic rings. The van der Waals surface area contributed by atoms with Crippen LogP contribution in [0, 0.1) is 17.8 Å². The minimum Gasteiger partial charge on any atom is -0.511 e. The predicted octanol–water partition coefficient (Wildman–Crippen LogP) is 1.76. The number of pyridine rings is 1. The van der Waals surface area contributed by atoms with Gasteiger partial charge in [0.05, 0.1) is 19.3 Å². The molecule has 0 bridgehead atoms. The van der Waals surface area contributed by atoms with Gasteiger partial charge in [0, 0.05) is 39.6 Å². The van der Waals surface area contributed by atoms with E-state index in [0.717, 1.165) is 0 Å². The van der Waals surface area contributed by atoms with Gasteiger partial charge in [-0.05, 0) is 47.9 Å². The second kappa shape index (κ2) is 10.2. The number of benzene rings is 1. The number of aromatic nitrogens is 1. The van der Waals surface area contributed by atoms with Crippen LogP contribution in [0.4, 0.5) is 0 Å². The molecule has 2 aliphatic rings. The number of nitrogens with zero attached hydrogens (tertiary/aromatic N) is 1. The third kappa shape index (κ3) is 4.62. The number of nitrogens with two attached hydrogens (primary N) is 1. The molecule has 0 aliphatic heterocycles. The maximum atomic E-state index is 13.1. The van der Waals surface area contributed by atoms with E-state index in [-0.39, 0.29) is 44.2 Å². The molecular formula is C25H32N2O8. The molecule has 1 heterocycles. The van der Waals surface area contributed by atoms with E-state index in [0.29, 0.717) is 35.3 Å². The Hall–Kier alpha value is -3.76. The number of carbonyl (C=O) groups excluding carboxylic acids is 3. The van der Waals surface area contributed by atoms with E-state index < -0.39 is 41.5 Å². The summed E-state index contributed by atoms with van der Waals surface area (Å²) in [6, 6.07) is 4.91. The molecule has 35 heavy (non-hydrogen) atoms. The van der Waals surface area contributed by atoms with Crippen LogP contribution in [0.2, 0.25) is 0 Å². The van der Waals surface area contributed by atoms with Gasteiger partial charge >= 0.3 is 0 Å². The van der Waals surface area contributed by atoms with Crippen molar-refractivity contribution in [3.05, 3.63) is 53.1 Å². The minimum atomic E-state index is -1.02. The number of aliphatic hydroxyl groups excluding tert-OH is 2. The summed E-state index contributed by atoms with van der Waals surface area (Å²) in [4.78, 5) is 41.3. The number of hydrogen-bond acceptors (Lipinski definition) is 8. The van der Waals surface area contributed by atoms with Crippen molar-refractivity contribution in [2.45, 2.75) is 25.7 Å². The molecule has 0 saturated carbocycles. The van der Waals surface area contributed by atoms with Gasteiger partial charge in [-0.2, -0.15) is 0 Å². The normalized spacial score (nSPS) is 21.8. The lowest BCUT2D eigenvalue weighted by Gasteiger charge is -2.34. The van der Waals surface area contributed by atoms with Gasteiger partial charge in [-0.3, -0.25) is 19.4 Å². The monoisotopic (exact) mass is 488 g/mol. The highest BCUT2D eigenvalue weighted by Gasteiger charge is 2.40. The predicted molar refractivity (Wildman–Crippen MR) is 129 cm³/mol. The minimum absolute atomic E-state index is 0. The first kappa shape index (κ1) is 25.9. The van der Waals surface area contributed by atoms with Crippen LogP contribution in [0.25, 0.3) is 11.1 Å². The fraction of sp³-hybridized carbons (Fsp3) is 0.360. The molecule has 10 heteroatoms. The third-order valence-electron chi connectivity index (χ3n) is 6.81. The summed E-state index contributed by atoms with van der Waals surface area (Å²) in [6.45, 7) is -0.462. The van der Waals surface area contributed by atoms with E-state index in [9.17, 15) is 29.7 Å². The first-order chi connectivity index (χ1) is 16.3. The molecular weight excluding hydrogens is 456 g/mol. The number of amides is 1. The van der Waals surface area contributed by atoms with Crippen LogP contribution in [0.1, 0.15) is 38.0 Å².